The molecule has 0 bridgehead atoms. The van der Waals surface area contributed by atoms with E-state index in [4.69, 9.17) is 0 Å². The Morgan fingerprint density at radius 3 is 2.50 bits per heavy atom. The summed E-state index contributed by atoms with van der Waals surface area (Å²) in [7, 11) is -3.32. The molecule has 0 radical (unpaired) electrons. The average molecular weight is 266 g/mol. The summed E-state index contributed by atoms with van der Waals surface area (Å²) < 4.78 is 25.9. The van der Waals surface area contributed by atoms with Crippen LogP contribution < -0.4 is 5.32 Å². The zero-order valence-electron chi connectivity index (χ0n) is 10.4. The highest BCUT2D eigenvalue weighted by Gasteiger charge is 2.30. The lowest BCUT2D eigenvalue weighted by atomic mass is 10.2. The van der Waals surface area contributed by atoms with Crippen molar-refractivity contribution < 1.29 is 8.42 Å². The van der Waals surface area contributed by atoms with E-state index >= 15 is 0 Å². The summed E-state index contributed by atoms with van der Waals surface area (Å²) in [5, 5.41) is 4.39. The molecule has 0 unspecified atom stereocenters. The molecule has 2 rings (SSSR count). The molecular formula is C13H18N2O2S. The van der Waals surface area contributed by atoms with Crippen LogP contribution in [0.15, 0.2) is 35.7 Å². The van der Waals surface area contributed by atoms with Crippen LogP contribution in [0.4, 0.5) is 0 Å². The van der Waals surface area contributed by atoms with E-state index in [9.17, 15) is 8.42 Å². The van der Waals surface area contributed by atoms with Crippen molar-refractivity contribution in [3.8, 4) is 0 Å². The van der Waals surface area contributed by atoms with Crippen LogP contribution in [0, 0.1) is 0 Å². The van der Waals surface area contributed by atoms with Crippen LogP contribution in [0.1, 0.15) is 12.5 Å². The minimum atomic E-state index is -3.32. The topological polar surface area (TPSA) is 49.4 Å². The van der Waals surface area contributed by atoms with E-state index in [2.05, 4.69) is 5.32 Å². The molecule has 1 heterocycles. The molecule has 98 valence electrons. The van der Waals surface area contributed by atoms with E-state index in [0.29, 0.717) is 6.54 Å². The number of sulfonamides is 1. The molecule has 0 spiro atoms. The third-order valence-corrected chi connectivity index (χ3v) is 4.73. The molecule has 5 heteroatoms. The molecule has 1 N–H and O–H groups in total. The molecule has 0 saturated carbocycles. The second kappa shape index (κ2) is 5.65. The van der Waals surface area contributed by atoms with Crippen LogP contribution in [-0.2, 0) is 10.0 Å². The lowest BCUT2D eigenvalue weighted by Gasteiger charge is -2.35. The molecular weight excluding hydrogens is 248 g/mol. The van der Waals surface area contributed by atoms with Gasteiger partial charge in [0.1, 0.15) is 0 Å². The van der Waals surface area contributed by atoms with Crippen molar-refractivity contribution in [2.24, 2.45) is 0 Å². The first-order valence-electron chi connectivity index (χ1n) is 6.09. The van der Waals surface area contributed by atoms with E-state index in [-0.39, 0.29) is 6.04 Å². The lowest BCUT2D eigenvalue weighted by Crippen LogP contribution is -2.58. The third kappa shape index (κ3) is 2.98. The standard InChI is InChI=1S/C13H18N2O2S/c1-2-15(13-10-14-11-13)18(16,17)9-8-12-6-4-3-5-7-12/h3-9,13-14H,2,10-11H2,1H3. The van der Waals surface area contributed by atoms with Gasteiger partial charge in [0.2, 0.25) is 10.0 Å². The van der Waals surface area contributed by atoms with Gasteiger partial charge < -0.3 is 5.32 Å². The summed E-state index contributed by atoms with van der Waals surface area (Å²) in [5.74, 6) is 0. The first-order valence-corrected chi connectivity index (χ1v) is 7.59. The summed E-state index contributed by atoms with van der Waals surface area (Å²) in [6.07, 6.45) is 1.64. The predicted octanol–water partition coefficient (Wildman–Crippen LogP) is 1.28. The smallest absolute Gasteiger partial charge is 0.236 e. The highest BCUT2D eigenvalue weighted by Crippen LogP contribution is 2.13. The molecule has 18 heavy (non-hydrogen) atoms. The van der Waals surface area contributed by atoms with E-state index in [1.807, 2.05) is 37.3 Å². The summed E-state index contributed by atoms with van der Waals surface area (Å²) in [4.78, 5) is 0. The average Bonchev–Trinajstić information content (AvgIpc) is 2.32. The molecule has 1 saturated heterocycles. The van der Waals surface area contributed by atoms with Crippen molar-refractivity contribution in [3.63, 3.8) is 0 Å². The highest BCUT2D eigenvalue weighted by molar-refractivity contribution is 7.92. The van der Waals surface area contributed by atoms with Crippen LogP contribution in [0.3, 0.4) is 0 Å². The molecule has 0 aliphatic carbocycles. The number of nitrogens with one attached hydrogen (secondary N) is 1. The Hall–Kier alpha value is -1.17. The van der Waals surface area contributed by atoms with Crippen LogP contribution in [0.5, 0.6) is 0 Å². The Kier molecular flexibility index (Phi) is 4.16. The van der Waals surface area contributed by atoms with Gasteiger partial charge in [-0.15, -0.1) is 0 Å². The van der Waals surface area contributed by atoms with E-state index in [0.717, 1.165) is 18.7 Å². The lowest BCUT2D eigenvalue weighted by molar-refractivity contribution is 0.252. The Bertz CT molecular complexity index is 507. The molecule has 1 fully saturated rings. The largest absolute Gasteiger partial charge is 0.313 e. The molecule has 0 aromatic heterocycles. The van der Waals surface area contributed by atoms with Gasteiger partial charge in [0.15, 0.2) is 0 Å². The zero-order valence-corrected chi connectivity index (χ0v) is 11.2. The Morgan fingerprint density at radius 1 is 1.33 bits per heavy atom. The number of benzene rings is 1. The number of hydrogen-bond acceptors (Lipinski definition) is 3. The van der Waals surface area contributed by atoms with Gasteiger partial charge in [-0.1, -0.05) is 37.3 Å². The Labute approximate surface area is 108 Å². The quantitative estimate of drug-likeness (QED) is 0.873. The van der Waals surface area contributed by atoms with Gasteiger partial charge in [0.25, 0.3) is 0 Å². The number of nitrogens with zero attached hydrogens (tertiary/aromatic N) is 1. The maximum absolute atomic E-state index is 12.2. The summed E-state index contributed by atoms with van der Waals surface area (Å²) in [5.41, 5.74) is 0.892. The van der Waals surface area contributed by atoms with Gasteiger partial charge in [0, 0.05) is 31.1 Å². The number of hydrogen-bond donors (Lipinski definition) is 1. The van der Waals surface area contributed by atoms with Crippen molar-refractivity contribution in [1.82, 2.24) is 9.62 Å². The van der Waals surface area contributed by atoms with Crippen molar-refractivity contribution in [2.45, 2.75) is 13.0 Å². The van der Waals surface area contributed by atoms with Crippen LogP contribution in [-0.4, -0.2) is 38.4 Å². The van der Waals surface area contributed by atoms with Crippen molar-refractivity contribution in [1.29, 1.82) is 0 Å². The van der Waals surface area contributed by atoms with E-state index in [1.54, 1.807) is 10.4 Å². The highest BCUT2D eigenvalue weighted by atomic mass is 32.2. The van der Waals surface area contributed by atoms with Crippen LogP contribution in [0.2, 0.25) is 0 Å². The SMILES string of the molecule is CCN(C1CNC1)S(=O)(=O)C=Cc1ccccc1. The molecule has 1 aliphatic rings. The predicted molar refractivity (Wildman–Crippen MR) is 73.4 cm³/mol. The minimum absolute atomic E-state index is 0.0976. The Morgan fingerprint density at radius 2 is 2.00 bits per heavy atom. The monoisotopic (exact) mass is 266 g/mol. The van der Waals surface area contributed by atoms with E-state index in [1.165, 1.54) is 5.41 Å². The molecule has 1 aromatic carbocycles. The maximum atomic E-state index is 12.2. The minimum Gasteiger partial charge on any atom is -0.313 e. The van der Waals surface area contributed by atoms with Gasteiger partial charge in [0.05, 0.1) is 0 Å². The second-order valence-corrected chi connectivity index (χ2v) is 6.04. The molecule has 1 aliphatic heterocycles. The van der Waals surface area contributed by atoms with Gasteiger partial charge >= 0.3 is 0 Å². The third-order valence-electron chi connectivity index (χ3n) is 3.04. The van der Waals surface area contributed by atoms with E-state index < -0.39 is 10.0 Å². The summed E-state index contributed by atoms with van der Waals surface area (Å²) >= 11 is 0. The zero-order chi connectivity index (χ0) is 13.0. The second-order valence-electron chi connectivity index (χ2n) is 4.27. The van der Waals surface area contributed by atoms with Crippen molar-refractivity contribution in [3.05, 3.63) is 41.3 Å². The molecule has 0 atom stereocenters. The number of rotatable bonds is 5. The molecule has 4 nitrogen and oxygen atoms in total. The normalized spacial score (nSPS) is 17.2. The van der Waals surface area contributed by atoms with Crippen molar-refractivity contribution in [2.75, 3.05) is 19.6 Å². The first-order chi connectivity index (χ1) is 8.63. The van der Waals surface area contributed by atoms with Crippen LogP contribution >= 0.6 is 0 Å². The van der Waals surface area contributed by atoms with Gasteiger partial charge in [-0.2, -0.15) is 4.31 Å². The summed E-state index contributed by atoms with van der Waals surface area (Å²) in [6, 6.07) is 9.55. The molecule has 1 aromatic rings. The Balaban J connectivity index is 2.13. The van der Waals surface area contributed by atoms with Gasteiger partial charge in [-0.05, 0) is 11.6 Å². The fraction of sp³-hybridized carbons (Fsp3) is 0.385. The van der Waals surface area contributed by atoms with Crippen LogP contribution in [0.25, 0.3) is 6.08 Å². The number of likely N-dealkylation sites (N-methyl/N-ethyl adjacent to an activating group) is 1. The van der Waals surface area contributed by atoms with Gasteiger partial charge in [-0.25, -0.2) is 8.42 Å². The maximum Gasteiger partial charge on any atom is 0.236 e. The fourth-order valence-corrected chi connectivity index (χ4v) is 3.34. The fourth-order valence-electron chi connectivity index (χ4n) is 1.93. The molecule has 0 amide bonds. The van der Waals surface area contributed by atoms with Gasteiger partial charge in [-0.3, -0.25) is 0 Å². The first kappa shape index (κ1) is 13.3. The van der Waals surface area contributed by atoms with Crippen molar-refractivity contribution >= 4 is 16.1 Å². The summed E-state index contributed by atoms with van der Waals surface area (Å²) in [6.45, 7) is 3.86.